The van der Waals surface area contributed by atoms with Gasteiger partial charge in [0.15, 0.2) is 0 Å². The Morgan fingerprint density at radius 1 is 1.14 bits per heavy atom. The van der Waals surface area contributed by atoms with E-state index in [-0.39, 0.29) is 5.76 Å². The van der Waals surface area contributed by atoms with Crippen molar-refractivity contribution in [3.8, 4) is 5.75 Å². The molecule has 0 aliphatic rings. The molecule has 2 aromatic carbocycles. The van der Waals surface area contributed by atoms with Crippen molar-refractivity contribution in [1.29, 1.82) is 0 Å². The average Bonchev–Trinajstić information content (AvgIpc) is 2.48. The number of carbonyl (C=O) groups excluding carboxylic acids is 1. The van der Waals surface area contributed by atoms with E-state index < -0.39 is 5.97 Å². The molecule has 0 saturated heterocycles. The monoisotopic (exact) mass is 302 g/mol. The fourth-order valence-electron chi connectivity index (χ4n) is 1.75. The molecule has 0 fully saturated rings. The van der Waals surface area contributed by atoms with Gasteiger partial charge in [-0.1, -0.05) is 35.9 Å². The van der Waals surface area contributed by atoms with Gasteiger partial charge >= 0.3 is 5.97 Å². The Morgan fingerprint density at radius 3 is 2.48 bits per heavy atom. The summed E-state index contributed by atoms with van der Waals surface area (Å²) < 4.78 is 10.4. The van der Waals surface area contributed by atoms with Gasteiger partial charge in [0.1, 0.15) is 5.75 Å². The average molecular weight is 303 g/mol. The maximum atomic E-state index is 11.8. The molecule has 0 aliphatic heterocycles. The molecule has 0 unspecified atom stereocenters. The van der Waals surface area contributed by atoms with Gasteiger partial charge in [0.25, 0.3) is 0 Å². The maximum absolute atomic E-state index is 11.8. The van der Waals surface area contributed by atoms with Gasteiger partial charge in [-0.25, -0.2) is 4.79 Å². The van der Waals surface area contributed by atoms with Crippen molar-refractivity contribution in [3.63, 3.8) is 0 Å². The standard InChI is InChI=1S/C17H15ClO3/c1-12-4-3-5-15(10-12)21-16(17(19)20-2)11-13-6-8-14(18)9-7-13/h3-11H,1-2H3/b16-11-. The molecule has 4 heteroatoms. The lowest BCUT2D eigenvalue weighted by Gasteiger charge is -2.09. The maximum Gasteiger partial charge on any atom is 0.373 e. The van der Waals surface area contributed by atoms with Crippen LogP contribution >= 0.6 is 11.6 Å². The molecule has 108 valence electrons. The molecule has 0 heterocycles. The third-order valence-electron chi connectivity index (χ3n) is 2.77. The summed E-state index contributed by atoms with van der Waals surface area (Å²) in [6, 6.07) is 14.5. The van der Waals surface area contributed by atoms with Crippen LogP contribution in [-0.4, -0.2) is 13.1 Å². The molecular weight excluding hydrogens is 288 g/mol. The Bertz CT molecular complexity index is 660. The smallest absolute Gasteiger partial charge is 0.373 e. The molecular formula is C17H15ClO3. The minimum Gasteiger partial charge on any atom is -0.463 e. The molecule has 0 bridgehead atoms. The van der Waals surface area contributed by atoms with E-state index in [2.05, 4.69) is 0 Å². The van der Waals surface area contributed by atoms with Gasteiger partial charge in [-0.3, -0.25) is 0 Å². The van der Waals surface area contributed by atoms with Crippen LogP contribution < -0.4 is 4.74 Å². The molecule has 2 rings (SSSR count). The molecule has 0 aromatic heterocycles. The SMILES string of the molecule is COC(=O)/C(=C/c1ccc(Cl)cc1)Oc1cccc(C)c1. The summed E-state index contributed by atoms with van der Waals surface area (Å²) in [5, 5.41) is 0.631. The van der Waals surface area contributed by atoms with Crippen molar-refractivity contribution >= 4 is 23.6 Å². The van der Waals surface area contributed by atoms with Crippen LogP contribution in [0.3, 0.4) is 0 Å². The lowest BCUT2D eigenvalue weighted by Crippen LogP contribution is -2.10. The zero-order valence-electron chi connectivity index (χ0n) is 11.8. The normalized spacial score (nSPS) is 11.1. The minimum atomic E-state index is -0.536. The quantitative estimate of drug-likeness (QED) is 0.481. The number of hydrogen-bond acceptors (Lipinski definition) is 3. The highest BCUT2D eigenvalue weighted by molar-refractivity contribution is 6.30. The second-order valence-corrected chi connectivity index (χ2v) is 4.91. The van der Waals surface area contributed by atoms with Crippen LogP contribution in [0.2, 0.25) is 5.02 Å². The molecule has 0 amide bonds. The fourth-order valence-corrected chi connectivity index (χ4v) is 1.87. The van der Waals surface area contributed by atoms with Gasteiger partial charge in [-0.05, 0) is 48.4 Å². The highest BCUT2D eigenvalue weighted by atomic mass is 35.5. The summed E-state index contributed by atoms with van der Waals surface area (Å²) in [5.74, 6) is 0.164. The van der Waals surface area contributed by atoms with Crippen LogP contribution in [0.15, 0.2) is 54.3 Å². The first-order chi connectivity index (χ1) is 10.1. The predicted octanol–water partition coefficient (Wildman–Crippen LogP) is 4.24. The first kappa shape index (κ1) is 15.1. The Labute approximate surface area is 128 Å². The van der Waals surface area contributed by atoms with Crippen molar-refractivity contribution in [3.05, 3.63) is 70.4 Å². The van der Waals surface area contributed by atoms with Crippen LogP contribution in [-0.2, 0) is 9.53 Å². The van der Waals surface area contributed by atoms with E-state index in [0.29, 0.717) is 10.8 Å². The van der Waals surface area contributed by atoms with Crippen LogP contribution in [0, 0.1) is 6.92 Å². The topological polar surface area (TPSA) is 35.5 Å². The van der Waals surface area contributed by atoms with Crippen LogP contribution in [0.25, 0.3) is 6.08 Å². The van der Waals surface area contributed by atoms with Gasteiger partial charge in [-0.2, -0.15) is 0 Å². The van der Waals surface area contributed by atoms with Gasteiger partial charge in [0.05, 0.1) is 7.11 Å². The Hall–Kier alpha value is -2.26. The van der Waals surface area contributed by atoms with Crippen molar-refractivity contribution in [2.24, 2.45) is 0 Å². The van der Waals surface area contributed by atoms with Crippen molar-refractivity contribution < 1.29 is 14.3 Å². The molecule has 0 saturated carbocycles. The number of ether oxygens (including phenoxy) is 2. The van der Waals surface area contributed by atoms with E-state index in [1.165, 1.54) is 7.11 Å². The van der Waals surface area contributed by atoms with E-state index in [1.54, 1.807) is 36.4 Å². The van der Waals surface area contributed by atoms with Crippen LogP contribution in [0.4, 0.5) is 0 Å². The first-order valence-corrected chi connectivity index (χ1v) is 6.76. The molecule has 21 heavy (non-hydrogen) atoms. The molecule has 2 aromatic rings. The summed E-state index contributed by atoms with van der Waals surface area (Å²) in [6.07, 6.45) is 1.62. The van der Waals surface area contributed by atoms with Crippen molar-refractivity contribution in [1.82, 2.24) is 0 Å². The zero-order chi connectivity index (χ0) is 15.2. The Balaban J connectivity index is 2.30. The lowest BCUT2D eigenvalue weighted by atomic mass is 10.2. The van der Waals surface area contributed by atoms with E-state index in [9.17, 15) is 4.79 Å². The second kappa shape index (κ2) is 6.95. The minimum absolute atomic E-state index is 0.116. The molecule has 0 radical (unpaired) electrons. The highest BCUT2D eigenvalue weighted by Crippen LogP contribution is 2.19. The number of aryl methyl sites for hydroxylation is 1. The fraction of sp³-hybridized carbons (Fsp3) is 0.118. The van der Waals surface area contributed by atoms with Gasteiger partial charge in [0, 0.05) is 5.02 Å². The summed E-state index contributed by atoms with van der Waals surface area (Å²) in [6.45, 7) is 1.95. The largest absolute Gasteiger partial charge is 0.463 e. The Kier molecular flexibility index (Phi) is 5.01. The summed E-state index contributed by atoms with van der Waals surface area (Å²) in [7, 11) is 1.32. The van der Waals surface area contributed by atoms with Gasteiger partial charge in [-0.15, -0.1) is 0 Å². The third-order valence-corrected chi connectivity index (χ3v) is 3.02. The lowest BCUT2D eigenvalue weighted by molar-refractivity contribution is -0.138. The van der Waals surface area contributed by atoms with Crippen LogP contribution in [0.5, 0.6) is 5.75 Å². The van der Waals surface area contributed by atoms with Gasteiger partial charge in [0.2, 0.25) is 5.76 Å². The Morgan fingerprint density at radius 2 is 1.86 bits per heavy atom. The van der Waals surface area contributed by atoms with E-state index in [1.807, 2.05) is 25.1 Å². The summed E-state index contributed by atoms with van der Waals surface area (Å²) in [5.41, 5.74) is 1.84. The van der Waals surface area contributed by atoms with E-state index >= 15 is 0 Å². The second-order valence-electron chi connectivity index (χ2n) is 4.47. The van der Waals surface area contributed by atoms with E-state index in [0.717, 1.165) is 11.1 Å². The summed E-state index contributed by atoms with van der Waals surface area (Å²) >= 11 is 5.84. The van der Waals surface area contributed by atoms with Gasteiger partial charge < -0.3 is 9.47 Å². The van der Waals surface area contributed by atoms with E-state index in [4.69, 9.17) is 21.1 Å². The molecule has 0 aliphatic carbocycles. The highest BCUT2D eigenvalue weighted by Gasteiger charge is 2.12. The predicted molar refractivity (Wildman–Crippen MR) is 83.3 cm³/mol. The third kappa shape index (κ3) is 4.36. The van der Waals surface area contributed by atoms with Crippen molar-refractivity contribution in [2.75, 3.05) is 7.11 Å². The number of hydrogen-bond donors (Lipinski definition) is 0. The van der Waals surface area contributed by atoms with Crippen molar-refractivity contribution in [2.45, 2.75) is 6.92 Å². The molecule has 0 N–H and O–H groups in total. The number of esters is 1. The first-order valence-electron chi connectivity index (χ1n) is 6.38. The number of benzene rings is 2. The number of rotatable bonds is 4. The number of halogens is 1. The van der Waals surface area contributed by atoms with Crippen LogP contribution in [0.1, 0.15) is 11.1 Å². The summed E-state index contributed by atoms with van der Waals surface area (Å²) in [4.78, 5) is 11.8. The number of carbonyl (C=O) groups is 1. The zero-order valence-corrected chi connectivity index (χ0v) is 12.6. The molecule has 3 nitrogen and oxygen atoms in total. The molecule has 0 spiro atoms. The molecule has 0 atom stereocenters. The number of methoxy groups -OCH3 is 1.